The summed E-state index contributed by atoms with van der Waals surface area (Å²) in [6, 6.07) is 12.1. The van der Waals surface area contributed by atoms with Crippen LogP contribution in [0.3, 0.4) is 0 Å². The van der Waals surface area contributed by atoms with Crippen molar-refractivity contribution in [3.63, 3.8) is 0 Å². The number of aromatic hydroxyl groups is 1. The fourth-order valence-electron chi connectivity index (χ4n) is 3.36. The Morgan fingerprint density at radius 2 is 1.68 bits per heavy atom. The van der Waals surface area contributed by atoms with E-state index < -0.39 is 15.8 Å². The van der Waals surface area contributed by atoms with E-state index in [1.807, 2.05) is 49.9 Å². The lowest BCUT2D eigenvalue weighted by molar-refractivity contribution is 0.0450. The largest absolute Gasteiger partial charge is 0.508 e. The van der Waals surface area contributed by atoms with Crippen LogP contribution < -0.4 is 9.64 Å². The second kappa shape index (κ2) is 9.18. The molecule has 1 saturated heterocycles. The number of benzene rings is 2. The Morgan fingerprint density at radius 3 is 2.29 bits per heavy atom. The SMILES string of the molecule is CC(C)(C)c1cc(C(=O)OCCOc2ccc(N3CCS(=O)(=O)CC3)cc2)ccc1O. The van der Waals surface area contributed by atoms with Crippen LogP contribution in [0.25, 0.3) is 0 Å². The van der Waals surface area contributed by atoms with E-state index in [1.165, 1.54) is 6.07 Å². The molecule has 31 heavy (non-hydrogen) atoms. The molecule has 168 valence electrons. The van der Waals surface area contributed by atoms with Crippen molar-refractivity contribution in [2.75, 3.05) is 42.7 Å². The fourth-order valence-corrected chi connectivity index (χ4v) is 4.57. The molecular weight excluding hydrogens is 418 g/mol. The minimum Gasteiger partial charge on any atom is -0.508 e. The third kappa shape index (κ3) is 6.13. The van der Waals surface area contributed by atoms with Gasteiger partial charge in [-0.15, -0.1) is 0 Å². The average Bonchev–Trinajstić information content (AvgIpc) is 2.71. The van der Waals surface area contributed by atoms with Crippen molar-refractivity contribution >= 4 is 21.5 Å². The van der Waals surface area contributed by atoms with E-state index >= 15 is 0 Å². The average molecular weight is 448 g/mol. The van der Waals surface area contributed by atoms with Crippen molar-refractivity contribution in [2.24, 2.45) is 0 Å². The van der Waals surface area contributed by atoms with Gasteiger partial charge in [0.1, 0.15) is 24.7 Å². The van der Waals surface area contributed by atoms with Crippen molar-refractivity contribution in [3.8, 4) is 11.5 Å². The van der Waals surface area contributed by atoms with Crippen molar-refractivity contribution in [3.05, 3.63) is 53.6 Å². The number of phenolic OH excluding ortho intramolecular Hbond substituents is 1. The summed E-state index contributed by atoms with van der Waals surface area (Å²) in [5.74, 6) is 0.680. The van der Waals surface area contributed by atoms with Gasteiger partial charge < -0.3 is 19.5 Å². The van der Waals surface area contributed by atoms with E-state index in [4.69, 9.17) is 9.47 Å². The Kier molecular flexibility index (Phi) is 6.79. The summed E-state index contributed by atoms with van der Waals surface area (Å²) in [5, 5.41) is 10.0. The maximum absolute atomic E-state index is 12.3. The van der Waals surface area contributed by atoms with Crippen molar-refractivity contribution in [1.29, 1.82) is 0 Å². The normalized spacial score (nSPS) is 16.0. The van der Waals surface area contributed by atoms with Crippen LogP contribution in [0.15, 0.2) is 42.5 Å². The van der Waals surface area contributed by atoms with Crippen molar-refractivity contribution < 1.29 is 27.8 Å². The molecule has 8 heteroatoms. The summed E-state index contributed by atoms with van der Waals surface area (Å²) < 4.78 is 34.0. The highest BCUT2D eigenvalue weighted by Gasteiger charge is 2.22. The van der Waals surface area contributed by atoms with E-state index in [0.29, 0.717) is 30.0 Å². The van der Waals surface area contributed by atoms with E-state index in [9.17, 15) is 18.3 Å². The van der Waals surface area contributed by atoms with Gasteiger partial charge in [-0.1, -0.05) is 20.8 Å². The number of hydrogen-bond donors (Lipinski definition) is 1. The summed E-state index contributed by atoms with van der Waals surface area (Å²) in [7, 11) is -2.91. The molecule has 0 atom stereocenters. The predicted octanol–water partition coefficient (Wildman–Crippen LogP) is 3.16. The van der Waals surface area contributed by atoms with E-state index in [2.05, 4.69) is 0 Å². The van der Waals surface area contributed by atoms with Crippen LogP contribution in [0.4, 0.5) is 5.69 Å². The number of hydrogen-bond acceptors (Lipinski definition) is 7. The van der Waals surface area contributed by atoms with Gasteiger partial charge in [0, 0.05) is 24.3 Å². The van der Waals surface area contributed by atoms with Crippen molar-refractivity contribution in [2.45, 2.75) is 26.2 Å². The van der Waals surface area contributed by atoms with Gasteiger partial charge in [0.05, 0.1) is 17.1 Å². The number of phenols is 1. The van der Waals surface area contributed by atoms with Crippen LogP contribution in [0.2, 0.25) is 0 Å². The zero-order valence-corrected chi connectivity index (χ0v) is 18.9. The van der Waals surface area contributed by atoms with Crippen LogP contribution >= 0.6 is 0 Å². The highest BCUT2D eigenvalue weighted by molar-refractivity contribution is 7.91. The Balaban J connectivity index is 1.47. The van der Waals surface area contributed by atoms with Gasteiger partial charge in [0.25, 0.3) is 0 Å². The molecular formula is C23H29NO6S. The molecule has 1 N–H and O–H groups in total. The Hall–Kier alpha value is -2.74. The molecule has 2 aromatic rings. The fraction of sp³-hybridized carbons (Fsp3) is 0.435. The Morgan fingerprint density at radius 1 is 1.03 bits per heavy atom. The number of sulfone groups is 1. The topological polar surface area (TPSA) is 93.1 Å². The number of ether oxygens (including phenoxy) is 2. The Labute approximate surface area is 183 Å². The summed E-state index contributed by atoms with van der Waals surface area (Å²) in [4.78, 5) is 14.3. The summed E-state index contributed by atoms with van der Waals surface area (Å²) in [6.07, 6.45) is 0. The number of carbonyl (C=O) groups excluding carboxylic acids is 1. The van der Waals surface area contributed by atoms with Gasteiger partial charge in [-0.05, 0) is 47.9 Å². The van der Waals surface area contributed by atoms with Gasteiger partial charge in [-0.2, -0.15) is 0 Å². The van der Waals surface area contributed by atoms with E-state index in [1.54, 1.807) is 12.1 Å². The summed E-state index contributed by atoms with van der Waals surface area (Å²) >= 11 is 0. The summed E-state index contributed by atoms with van der Waals surface area (Å²) in [6.45, 7) is 7.17. The molecule has 7 nitrogen and oxygen atoms in total. The second-order valence-electron chi connectivity index (χ2n) is 8.60. The van der Waals surface area contributed by atoms with Crippen molar-refractivity contribution in [1.82, 2.24) is 0 Å². The number of esters is 1. The van der Waals surface area contributed by atoms with Crippen LogP contribution in [0.1, 0.15) is 36.7 Å². The minimum absolute atomic E-state index is 0.0935. The lowest BCUT2D eigenvalue weighted by atomic mass is 9.85. The van der Waals surface area contributed by atoms with Gasteiger partial charge in [-0.3, -0.25) is 0 Å². The highest BCUT2D eigenvalue weighted by Crippen LogP contribution is 2.31. The molecule has 0 unspecified atom stereocenters. The molecule has 0 aromatic heterocycles. The molecule has 0 bridgehead atoms. The molecule has 2 aromatic carbocycles. The first-order valence-corrected chi connectivity index (χ1v) is 12.1. The summed E-state index contributed by atoms with van der Waals surface area (Å²) in [5.41, 5.74) is 1.73. The predicted molar refractivity (Wildman–Crippen MR) is 120 cm³/mol. The van der Waals surface area contributed by atoms with E-state index in [-0.39, 0.29) is 35.9 Å². The zero-order chi connectivity index (χ0) is 22.6. The van der Waals surface area contributed by atoms with Gasteiger partial charge in [-0.25, -0.2) is 13.2 Å². The molecule has 0 spiro atoms. The number of anilines is 1. The Bertz CT molecular complexity index is 1010. The molecule has 0 saturated carbocycles. The molecule has 1 fully saturated rings. The van der Waals surface area contributed by atoms with Gasteiger partial charge in [0.2, 0.25) is 0 Å². The lowest BCUT2D eigenvalue weighted by Crippen LogP contribution is -2.40. The number of rotatable bonds is 6. The van der Waals surface area contributed by atoms with Gasteiger partial charge >= 0.3 is 5.97 Å². The third-order valence-corrected chi connectivity index (χ3v) is 6.78. The maximum Gasteiger partial charge on any atom is 0.338 e. The van der Waals surface area contributed by atoms with Gasteiger partial charge in [0.15, 0.2) is 9.84 Å². The number of carbonyl (C=O) groups is 1. The van der Waals surface area contributed by atoms with Crippen LogP contribution in [-0.2, 0) is 20.0 Å². The molecule has 1 aliphatic rings. The zero-order valence-electron chi connectivity index (χ0n) is 18.1. The smallest absolute Gasteiger partial charge is 0.338 e. The van der Waals surface area contributed by atoms with Crippen LogP contribution in [0.5, 0.6) is 11.5 Å². The third-order valence-electron chi connectivity index (χ3n) is 5.17. The molecule has 0 aliphatic carbocycles. The minimum atomic E-state index is -2.91. The highest BCUT2D eigenvalue weighted by atomic mass is 32.2. The molecule has 0 radical (unpaired) electrons. The standard InChI is InChI=1S/C23H29NO6S/c1-23(2,3)20-16-17(4-9-21(20)25)22(26)30-13-12-29-19-7-5-18(6-8-19)24-10-14-31(27,28)15-11-24/h4-9,16,25H,10-15H2,1-3H3. The monoisotopic (exact) mass is 447 g/mol. The number of nitrogens with zero attached hydrogens (tertiary/aromatic N) is 1. The second-order valence-corrected chi connectivity index (χ2v) is 10.9. The first-order valence-electron chi connectivity index (χ1n) is 10.2. The molecule has 3 rings (SSSR count). The lowest BCUT2D eigenvalue weighted by Gasteiger charge is -2.28. The quantitative estimate of drug-likeness (QED) is 0.537. The van der Waals surface area contributed by atoms with Crippen LogP contribution in [0, 0.1) is 0 Å². The molecule has 0 amide bonds. The van der Waals surface area contributed by atoms with E-state index in [0.717, 1.165) is 5.69 Å². The molecule has 1 aliphatic heterocycles. The molecule has 1 heterocycles. The first-order chi connectivity index (χ1) is 14.5. The maximum atomic E-state index is 12.3. The van der Waals surface area contributed by atoms with Crippen LogP contribution in [-0.4, -0.2) is 57.3 Å². The first kappa shape index (κ1) is 22.9.